The van der Waals surface area contributed by atoms with Crippen molar-refractivity contribution in [2.24, 2.45) is 5.41 Å². The van der Waals surface area contributed by atoms with Crippen LogP contribution >= 0.6 is 0 Å². The van der Waals surface area contributed by atoms with Gasteiger partial charge in [0.15, 0.2) is 0 Å². The molecule has 0 spiro atoms. The molecule has 1 aliphatic heterocycles. The largest absolute Gasteiger partial charge is 0.497 e. The number of aryl methyl sites for hydroxylation is 2. The van der Waals surface area contributed by atoms with E-state index in [-0.39, 0.29) is 11.9 Å². The molecule has 2 fully saturated rings. The van der Waals surface area contributed by atoms with Gasteiger partial charge in [0, 0.05) is 50.6 Å². The highest BCUT2D eigenvalue weighted by Crippen LogP contribution is 2.62. The third-order valence-corrected chi connectivity index (χ3v) is 8.69. The van der Waals surface area contributed by atoms with Crippen LogP contribution in [0.4, 0.5) is 0 Å². The molecule has 1 radical (unpaired) electrons. The standard InChI is InChI=1S/C31H37N2O4/c1-20-18-22-6-9-26(31(10-11-31)30(34)37-17-16-33-14-12-32-13-15-33)25-19-23(35-2)7-8-24(25)27(22)28(21-4-5-21)29(20)36-3/h4-5,7-8,18-19,26,32H,6,9-17H2,1-3H3/t26-/m0/s1. The third-order valence-electron chi connectivity index (χ3n) is 8.69. The summed E-state index contributed by atoms with van der Waals surface area (Å²) in [5.41, 5.74) is 8.06. The second kappa shape index (κ2) is 9.80. The van der Waals surface area contributed by atoms with Crippen LogP contribution in [0.15, 0.2) is 30.3 Å². The van der Waals surface area contributed by atoms with E-state index in [0.29, 0.717) is 6.61 Å². The summed E-state index contributed by atoms with van der Waals surface area (Å²) < 4.78 is 17.6. The Hall–Kier alpha value is -2.83. The van der Waals surface area contributed by atoms with E-state index in [1.165, 1.54) is 33.4 Å². The lowest BCUT2D eigenvalue weighted by atomic mass is 9.78. The Morgan fingerprint density at radius 2 is 1.89 bits per heavy atom. The van der Waals surface area contributed by atoms with Crippen LogP contribution in [0.5, 0.6) is 11.5 Å². The van der Waals surface area contributed by atoms with Crippen molar-refractivity contribution in [2.45, 2.75) is 38.5 Å². The summed E-state index contributed by atoms with van der Waals surface area (Å²) in [6.45, 7) is 7.41. The number of ether oxygens (including phenoxy) is 3. The zero-order chi connectivity index (χ0) is 25.6. The normalized spacial score (nSPS) is 21.7. The van der Waals surface area contributed by atoms with E-state index < -0.39 is 5.41 Å². The number of esters is 1. The van der Waals surface area contributed by atoms with E-state index >= 15 is 0 Å². The summed E-state index contributed by atoms with van der Waals surface area (Å²) in [5.74, 6) is 1.83. The Labute approximate surface area is 220 Å². The molecule has 2 aromatic rings. The van der Waals surface area contributed by atoms with Crippen molar-refractivity contribution >= 4 is 11.5 Å². The molecule has 3 aliphatic carbocycles. The Morgan fingerprint density at radius 3 is 2.57 bits per heavy atom. The number of rotatable bonds is 8. The van der Waals surface area contributed by atoms with Gasteiger partial charge in [0.25, 0.3) is 0 Å². The van der Waals surface area contributed by atoms with Crippen molar-refractivity contribution in [1.82, 2.24) is 10.2 Å². The average Bonchev–Trinajstić information content (AvgIpc) is 3.83. The van der Waals surface area contributed by atoms with Gasteiger partial charge in [0.2, 0.25) is 0 Å². The number of nitrogens with zero attached hydrogens (tertiary/aromatic N) is 1. The van der Waals surface area contributed by atoms with E-state index in [9.17, 15) is 4.79 Å². The fraction of sp³-hybridized carbons (Fsp3) is 0.484. The lowest BCUT2D eigenvalue weighted by Gasteiger charge is -2.29. The molecule has 37 heavy (non-hydrogen) atoms. The van der Waals surface area contributed by atoms with Crippen LogP contribution in [0.2, 0.25) is 0 Å². The van der Waals surface area contributed by atoms with Gasteiger partial charge in [-0.05, 0) is 78.1 Å². The Morgan fingerprint density at radius 1 is 1.11 bits per heavy atom. The van der Waals surface area contributed by atoms with Gasteiger partial charge in [-0.15, -0.1) is 0 Å². The molecule has 0 amide bonds. The quantitative estimate of drug-likeness (QED) is 0.536. The van der Waals surface area contributed by atoms with Crippen molar-refractivity contribution in [3.05, 3.63) is 59.0 Å². The minimum Gasteiger partial charge on any atom is -0.497 e. The number of hydrogen-bond donors (Lipinski definition) is 1. The maximum Gasteiger partial charge on any atom is 0.312 e. The van der Waals surface area contributed by atoms with Crippen molar-refractivity contribution in [1.29, 1.82) is 0 Å². The first-order valence-electron chi connectivity index (χ1n) is 13.6. The average molecular weight is 502 g/mol. The molecular formula is C31H37N2O4. The molecule has 1 saturated carbocycles. The van der Waals surface area contributed by atoms with Crippen LogP contribution in [0.3, 0.4) is 0 Å². The number of hydrogen-bond acceptors (Lipinski definition) is 6. The zero-order valence-corrected chi connectivity index (χ0v) is 22.2. The van der Waals surface area contributed by atoms with E-state index in [2.05, 4.69) is 47.8 Å². The predicted octanol–water partition coefficient (Wildman–Crippen LogP) is 4.54. The fourth-order valence-corrected chi connectivity index (χ4v) is 6.51. The van der Waals surface area contributed by atoms with Crippen molar-refractivity contribution < 1.29 is 19.0 Å². The van der Waals surface area contributed by atoms with Crippen LogP contribution < -0.4 is 14.8 Å². The third kappa shape index (κ3) is 4.44. The number of nitrogens with one attached hydrogen (secondary N) is 1. The number of carbonyl (C=O) groups is 1. The van der Waals surface area contributed by atoms with Crippen LogP contribution in [0.25, 0.3) is 16.7 Å². The number of allylic oxidation sites excluding steroid dienone is 2. The van der Waals surface area contributed by atoms with Gasteiger partial charge in [-0.3, -0.25) is 9.69 Å². The molecule has 4 aliphatic rings. The molecule has 0 bridgehead atoms. The van der Waals surface area contributed by atoms with Crippen molar-refractivity contribution in [3.63, 3.8) is 0 Å². The molecule has 6 rings (SSSR count). The second-order valence-corrected chi connectivity index (χ2v) is 10.9. The minimum atomic E-state index is -0.448. The molecule has 195 valence electrons. The highest BCUT2D eigenvalue weighted by molar-refractivity contribution is 5.99. The monoisotopic (exact) mass is 501 g/mol. The lowest BCUT2D eigenvalue weighted by molar-refractivity contribution is -0.151. The second-order valence-electron chi connectivity index (χ2n) is 10.9. The number of benzene rings is 2. The van der Waals surface area contributed by atoms with Gasteiger partial charge < -0.3 is 19.5 Å². The Bertz CT molecular complexity index is 1240. The Balaban J connectivity index is 1.35. The van der Waals surface area contributed by atoms with Gasteiger partial charge in [0.1, 0.15) is 18.1 Å². The highest BCUT2D eigenvalue weighted by Gasteiger charge is 2.58. The summed E-state index contributed by atoms with van der Waals surface area (Å²) in [7, 11) is 3.46. The smallest absolute Gasteiger partial charge is 0.312 e. The zero-order valence-electron chi connectivity index (χ0n) is 22.2. The van der Waals surface area contributed by atoms with Gasteiger partial charge in [-0.2, -0.15) is 0 Å². The van der Waals surface area contributed by atoms with E-state index in [1.54, 1.807) is 14.2 Å². The molecule has 1 saturated heterocycles. The molecule has 0 unspecified atom stereocenters. The number of carbonyl (C=O) groups excluding carboxylic acids is 1. The maximum absolute atomic E-state index is 13.6. The first kappa shape index (κ1) is 24.5. The molecule has 6 heteroatoms. The summed E-state index contributed by atoms with van der Waals surface area (Å²) in [4.78, 5) is 16.0. The minimum absolute atomic E-state index is 0.0282. The van der Waals surface area contributed by atoms with Crippen molar-refractivity contribution in [2.75, 3.05) is 53.6 Å². The van der Waals surface area contributed by atoms with E-state index in [4.69, 9.17) is 14.2 Å². The first-order valence-corrected chi connectivity index (χ1v) is 13.6. The van der Waals surface area contributed by atoms with Gasteiger partial charge in [-0.25, -0.2) is 0 Å². The summed E-state index contributed by atoms with van der Waals surface area (Å²) in [5, 5.41) is 3.38. The number of methoxy groups -OCH3 is 2. The summed E-state index contributed by atoms with van der Waals surface area (Å²) in [6, 6.07) is 8.66. The topological polar surface area (TPSA) is 60.0 Å². The fourth-order valence-electron chi connectivity index (χ4n) is 6.51. The lowest BCUT2D eigenvalue weighted by Crippen LogP contribution is -2.45. The predicted molar refractivity (Wildman–Crippen MR) is 145 cm³/mol. The van der Waals surface area contributed by atoms with Crippen LogP contribution in [0.1, 0.15) is 47.4 Å². The van der Waals surface area contributed by atoms with Gasteiger partial charge in [-0.1, -0.05) is 18.2 Å². The van der Waals surface area contributed by atoms with E-state index in [1.807, 2.05) is 6.07 Å². The summed E-state index contributed by atoms with van der Waals surface area (Å²) in [6.07, 6.45) is 7.89. The molecule has 1 atom stereocenters. The van der Waals surface area contributed by atoms with Crippen LogP contribution in [-0.4, -0.2) is 64.4 Å². The summed E-state index contributed by atoms with van der Waals surface area (Å²) >= 11 is 0. The molecule has 1 N–H and O–H groups in total. The van der Waals surface area contributed by atoms with Gasteiger partial charge >= 0.3 is 5.97 Å². The molecule has 2 aromatic carbocycles. The molecule has 0 aromatic heterocycles. The van der Waals surface area contributed by atoms with Crippen LogP contribution in [-0.2, 0) is 16.0 Å². The Kier molecular flexibility index (Phi) is 6.49. The van der Waals surface area contributed by atoms with Gasteiger partial charge in [0.05, 0.1) is 19.6 Å². The number of piperazine rings is 1. The number of fused-ring (bicyclic) bond motifs is 3. The molecule has 1 heterocycles. The molecule has 6 nitrogen and oxygen atoms in total. The first-order chi connectivity index (χ1) is 18.1. The molecular weight excluding hydrogens is 464 g/mol. The van der Waals surface area contributed by atoms with E-state index in [0.717, 1.165) is 75.5 Å². The highest BCUT2D eigenvalue weighted by atomic mass is 16.5. The van der Waals surface area contributed by atoms with Crippen LogP contribution in [0, 0.1) is 18.8 Å². The van der Waals surface area contributed by atoms with Crippen molar-refractivity contribution in [3.8, 4) is 22.6 Å². The SMILES string of the molecule is COc1ccc2c(c1)[C@@H](C1(C(=O)OCCN3CCNCC3)CC1)CCc1cc(C)c(OC)c(C3=C[CH]3)c1-2. The maximum atomic E-state index is 13.6.